The molecule has 3 heteroatoms. The molecule has 1 aromatic carbocycles. The van der Waals surface area contributed by atoms with Gasteiger partial charge in [-0.1, -0.05) is 12.1 Å². The fourth-order valence-electron chi connectivity index (χ4n) is 1.43. The number of hydrogen-bond acceptors (Lipinski definition) is 2. The Balaban J connectivity index is 2.17. The molecule has 2 rings (SSSR count). The van der Waals surface area contributed by atoms with E-state index in [1.54, 1.807) is 12.1 Å². The topological polar surface area (TPSA) is 49.3 Å². The van der Waals surface area contributed by atoms with Crippen LogP contribution < -0.4 is 5.32 Å². The van der Waals surface area contributed by atoms with Gasteiger partial charge in [0.25, 0.3) is 0 Å². The van der Waals surface area contributed by atoms with E-state index in [0.29, 0.717) is 11.6 Å². The van der Waals surface area contributed by atoms with E-state index in [9.17, 15) is 4.79 Å². The molecule has 0 amide bonds. The second kappa shape index (κ2) is 3.18. The summed E-state index contributed by atoms with van der Waals surface area (Å²) in [6.07, 6.45) is 1.15. The zero-order valence-electron chi connectivity index (χ0n) is 7.16. The van der Waals surface area contributed by atoms with Crippen molar-refractivity contribution in [3.63, 3.8) is 0 Å². The average molecular weight is 177 g/mol. The summed E-state index contributed by atoms with van der Waals surface area (Å²) in [5.41, 5.74) is 1.53. The van der Waals surface area contributed by atoms with Gasteiger partial charge < -0.3 is 10.4 Å². The van der Waals surface area contributed by atoms with Crippen molar-refractivity contribution in [3.05, 3.63) is 35.4 Å². The first-order valence-electron chi connectivity index (χ1n) is 4.34. The number of carboxylic acids is 1. The molecule has 1 atom stereocenters. The van der Waals surface area contributed by atoms with Crippen LogP contribution in [0, 0.1) is 0 Å². The lowest BCUT2D eigenvalue weighted by Gasteiger charge is -2.27. The van der Waals surface area contributed by atoms with E-state index in [1.807, 2.05) is 12.1 Å². The molecule has 0 bridgehead atoms. The Bertz CT molecular complexity index is 314. The average Bonchev–Trinajstić information content (AvgIpc) is 2.02. The maximum atomic E-state index is 10.5. The first-order chi connectivity index (χ1) is 6.27. The Morgan fingerprint density at radius 1 is 1.38 bits per heavy atom. The minimum Gasteiger partial charge on any atom is -0.478 e. The Labute approximate surface area is 76.4 Å². The van der Waals surface area contributed by atoms with Gasteiger partial charge in [-0.05, 0) is 30.7 Å². The number of carbonyl (C=O) groups is 1. The summed E-state index contributed by atoms with van der Waals surface area (Å²) in [6, 6.07) is 7.48. The summed E-state index contributed by atoms with van der Waals surface area (Å²) in [6.45, 7) is 1.06. The second-order valence-corrected chi connectivity index (χ2v) is 3.22. The van der Waals surface area contributed by atoms with E-state index in [2.05, 4.69) is 5.32 Å². The van der Waals surface area contributed by atoms with Crippen LogP contribution in [0.4, 0.5) is 0 Å². The SMILES string of the molecule is O=C(O)c1ccc([C@H]2CCN2)cc1. The van der Waals surface area contributed by atoms with Crippen molar-refractivity contribution >= 4 is 5.97 Å². The summed E-state index contributed by atoms with van der Waals surface area (Å²) < 4.78 is 0. The van der Waals surface area contributed by atoms with Gasteiger partial charge in [-0.3, -0.25) is 0 Å². The monoisotopic (exact) mass is 177 g/mol. The Kier molecular flexibility index (Phi) is 2.02. The Hall–Kier alpha value is -1.35. The minimum atomic E-state index is -0.867. The van der Waals surface area contributed by atoms with Crippen molar-refractivity contribution in [2.75, 3.05) is 6.54 Å². The van der Waals surface area contributed by atoms with Gasteiger partial charge in [0.15, 0.2) is 0 Å². The predicted octanol–water partition coefficient (Wildman–Crippen LogP) is 1.42. The van der Waals surface area contributed by atoms with Crippen molar-refractivity contribution in [3.8, 4) is 0 Å². The third kappa shape index (κ3) is 1.55. The van der Waals surface area contributed by atoms with Crippen LogP contribution in [0.1, 0.15) is 28.4 Å². The molecule has 0 spiro atoms. The van der Waals surface area contributed by atoms with Crippen molar-refractivity contribution in [2.45, 2.75) is 12.5 Å². The molecule has 1 aromatic rings. The fourth-order valence-corrected chi connectivity index (χ4v) is 1.43. The first-order valence-corrected chi connectivity index (χ1v) is 4.34. The summed E-state index contributed by atoms with van der Waals surface area (Å²) in [5, 5.41) is 11.9. The molecule has 1 aliphatic rings. The summed E-state index contributed by atoms with van der Waals surface area (Å²) in [4.78, 5) is 10.5. The minimum absolute atomic E-state index is 0.350. The number of nitrogens with one attached hydrogen (secondary N) is 1. The molecule has 1 aliphatic heterocycles. The number of aromatic carboxylic acids is 1. The van der Waals surface area contributed by atoms with Crippen LogP contribution in [-0.4, -0.2) is 17.6 Å². The van der Waals surface area contributed by atoms with Crippen LogP contribution in [0.15, 0.2) is 24.3 Å². The van der Waals surface area contributed by atoms with Crippen molar-refractivity contribution < 1.29 is 9.90 Å². The van der Waals surface area contributed by atoms with E-state index < -0.39 is 5.97 Å². The fraction of sp³-hybridized carbons (Fsp3) is 0.300. The normalized spacial score (nSPS) is 20.8. The molecule has 0 saturated carbocycles. The van der Waals surface area contributed by atoms with Gasteiger partial charge in [0.1, 0.15) is 0 Å². The third-order valence-electron chi connectivity index (χ3n) is 2.38. The molecular formula is C10H11NO2. The Morgan fingerprint density at radius 3 is 2.38 bits per heavy atom. The van der Waals surface area contributed by atoms with Gasteiger partial charge in [0, 0.05) is 6.04 Å². The van der Waals surface area contributed by atoms with E-state index >= 15 is 0 Å². The smallest absolute Gasteiger partial charge is 0.335 e. The van der Waals surface area contributed by atoms with E-state index in [-0.39, 0.29) is 0 Å². The maximum absolute atomic E-state index is 10.5. The summed E-state index contributed by atoms with van der Waals surface area (Å²) >= 11 is 0. The highest BCUT2D eigenvalue weighted by atomic mass is 16.4. The molecule has 0 aromatic heterocycles. The van der Waals surface area contributed by atoms with Crippen LogP contribution in [0.3, 0.4) is 0 Å². The predicted molar refractivity (Wildman–Crippen MR) is 48.8 cm³/mol. The van der Waals surface area contributed by atoms with Crippen molar-refractivity contribution in [2.24, 2.45) is 0 Å². The van der Waals surface area contributed by atoms with Crippen LogP contribution in [0.2, 0.25) is 0 Å². The van der Waals surface area contributed by atoms with Gasteiger partial charge in [0.05, 0.1) is 5.56 Å². The highest BCUT2D eigenvalue weighted by Gasteiger charge is 2.18. The molecule has 0 radical (unpaired) electrons. The van der Waals surface area contributed by atoms with Crippen LogP contribution >= 0.6 is 0 Å². The van der Waals surface area contributed by atoms with E-state index in [1.165, 1.54) is 5.56 Å². The highest BCUT2D eigenvalue weighted by Crippen LogP contribution is 2.22. The van der Waals surface area contributed by atoms with Gasteiger partial charge in [-0.15, -0.1) is 0 Å². The summed E-state index contributed by atoms with van der Waals surface area (Å²) in [7, 11) is 0. The molecule has 0 unspecified atom stereocenters. The molecule has 3 nitrogen and oxygen atoms in total. The van der Waals surface area contributed by atoms with Crippen molar-refractivity contribution in [1.82, 2.24) is 5.32 Å². The number of benzene rings is 1. The molecule has 13 heavy (non-hydrogen) atoms. The molecule has 1 fully saturated rings. The quantitative estimate of drug-likeness (QED) is 0.718. The standard InChI is InChI=1S/C10H11NO2/c12-10(13)8-3-1-7(2-4-8)9-5-6-11-9/h1-4,9,11H,5-6H2,(H,12,13)/t9-/m1/s1. The molecule has 1 heterocycles. The molecule has 1 saturated heterocycles. The Morgan fingerprint density at radius 2 is 2.00 bits per heavy atom. The number of rotatable bonds is 2. The molecular weight excluding hydrogens is 166 g/mol. The van der Waals surface area contributed by atoms with Gasteiger partial charge in [0.2, 0.25) is 0 Å². The van der Waals surface area contributed by atoms with Gasteiger partial charge in [-0.2, -0.15) is 0 Å². The largest absolute Gasteiger partial charge is 0.478 e. The lowest BCUT2D eigenvalue weighted by Crippen LogP contribution is -2.34. The maximum Gasteiger partial charge on any atom is 0.335 e. The van der Waals surface area contributed by atoms with Crippen LogP contribution in [-0.2, 0) is 0 Å². The van der Waals surface area contributed by atoms with Gasteiger partial charge in [-0.25, -0.2) is 4.79 Å². The lowest BCUT2D eigenvalue weighted by atomic mass is 9.97. The third-order valence-corrected chi connectivity index (χ3v) is 2.38. The molecule has 2 N–H and O–H groups in total. The second-order valence-electron chi connectivity index (χ2n) is 3.22. The molecule has 68 valence electrons. The van der Waals surface area contributed by atoms with Gasteiger partial charge >= 0.3 is 5.97 Å². The van der Waals surface area contributed by atoms with E-state index in [0.717, 1.165) is 13.0 Å². The van der Waals surface area contributed by atoms with Crippen LogP contribution in [0.25, 0.3) is 0 Å². The highest BCUT2D eigenvalue weighted by molar-refractivity contribution is 5.87. The lowest BCUT2D eigenvalue weighted by molar-refractivity contribution is 0.0697. The summed E-state index contributed by atoms with van der Waals surface area (Å²) in [5.74, 6) is -0.867. The van der Waals surface area contributed by atoms with Crippen LogP contribution in [0.5, 0.6) is 0 Å². The zero-order valence-corrected chi connectivity index (χ0v) is 7.16. The zero-order chi connectivity index (χ0) is 9.26. The van der Waals surface area contributed by atoms with E-state index in [4.69, 9.17) is 5.11 Å². The van der Waals surface area contributed by atoms with Crippen molar-refractivity contribution in [1.29, 1.82) is 0 Å². The number of hydrogen-bond donors (Lipinski definition) is 2. The molecule has 0 aliphatic carbocycles. The first kappa shape index (κ1) is 8.26. The number of carboxylic acid groups (broad SMARTS) is 1.